The van der Waals surface area contributed by atoms with Crippen molar-refractivity contribution in [2.75, 3.05) is 7.11 Å². The van der Waals surface area contributed by atoms with Gasteiger partial charge in [0.1, 0.15) is 22.0 Å². The topological polar surface area (TPSA) is 127 Å². The Morgan fingerprint density at radius 1 is 0.690 bits per heavy atom. The van der Waals surface area contributed by atoms with Crippen LogP contribution in [0.3, 0.4) is 0 Å². The molecule has 0 aliphatic rings. The summed E-state index contributed by atoms with van der Waals surface area (Å²) in [5.41, 5.74) is 2.11. The Morgan fingerprint density at radius 2 is 1.24 bits per heavy atom. The second-order valence-corrected chi connectivity index (χ2v) is 10.8. The average Bonchev–Trinajstić information content (AvgIpc) is 3.01. The van der Waals surface area contributed by atoms with Crippen molar-refractivity contribution in [3.63, 3.8) is 0 Å². The Balaban J connectivity index is 1.72. The first-order valence-corrected chi connectivity index (χ1v) is 14.1. The van der Waals surface area contributed by atoms with Crippen molar-refractivity contribution in [2.24, 2.45) is 0 Å². The molecule has 0 bridgehead atoms. The number of hydrogen-bond donors (Lipinski definition) is 2. The van der Waals surface area contributed by atoms with Gasteiger partial charge in [0.2, 0.25) is 0 Å². The monoisotopic (exact) mass is 580 g/mol. The molecule has 0 saturated heterocycles. The highest BCUT2D eigenvalue weighted by atomic mass is 32.2. The van der Waals surface area contributed by atoms with Crippen molar-refractivity contribution in [2.45, 2.75) is 4.90 Å². The van der Waals surface area contributed by atoms with Crippen molar-refractivity contribution in [3.8, 4) is 39.5 Å². The van der Waals surface area contributed by atoms with E-state index in [0.29, 0.717) is 39.1 Å². The SMILES string of the molecule is COc1ccc(C(=O)c2cc(-c3ccccc3)c(OS(=O)(=O)c3ccc(C(=O)O)c(O)c3)c(-c3ccccc3)c2)cc1. The third-order valence-corrected chi connectivity index (χ3v) is 7.77. The van der Waals surface area contributed by atoms with Crippen LogP contribution in [0.25, 0.3) is 22.3 Å². The lowest BCUT2D eigenvalue weighted by Gasteiger charge is -2.18. The smallest absolute Gasteiger partial charge is 0.339 e. The molecular formula is C33H24O8S. The lowest BCUT2D eigenvalue weighted by molar-refractivity contribution is 0.0693. The maximum Gasteiger partial charge on any atom is 0.339 e. The number of phenols is 1. The Labute approximate surface area is 242 Å². The number of carboxylic acid groups (broad SMARTS) is 1. The van der Waals surface area contributed by atoms with Gasteiger partial charge in [-0.05, 0) is 59.7 Å². The van der Waals surface area contributed by atoms with Gasteiger partial charge < -0.3 is 19.1 Å². The summed E-state index contributed by atoms with van der Waals surface area (Å²) >= 11 is 0. The van der Waals surface area contributed by atoms with Gasteiger partial charge in [-0.3, -0.25) is 4.79 Å². The van der Waals surface area contributed by atoms with Gasteiger partial charge in [-0.2, -0.15) is 8.42 Å². The van der Waals surface area contributed by atoms with Crippen molar-refractivity contribution in [1.82, 2.24) is 0 Å². The van der Waals surface area contributed by atoms with E-state index in [-0.39, 0.29) is 11.5 Å². The van der Waals surface area contributed by atoms with Gasteiger partial charge in [0.05, 0.1) is 7.11 Å². The van der Waals surface area contributed by atoms with Crippen LogP contribution in [0.4, 0.5) is 0 Å². The number of aromatic carboxylic acids is 1. The molecule has 42 heavy (non-hydrogen) atoms. The minimum absolute atomic E-state index is 0.0412. The molecule has 0 aliphatic carbocycles. The summed E-state index contributed by atoms with van der Waals surface area (Å²) in [7, 11) is -3.05. The van der Waals surface area contributed by atoms with Gasteiger partial charge in [-0.25, -0.2) is 4.79 Å². The second kappa shape index (κ2) is 11.6. The number of benzene rings is 5. The fraction of sp³-hybridized carbons (Fsp3) is 0.0303. The number of rotatable bonds is 9. The molecule has 0 aromatic heterocycles. The molecule has 0 saturated carbocycles. The molecule has 0 aliphatic heterocycles. The molecule has 0 atom stereocenters. The lowest BCUT2D eigenvalue weighted by Crippen LogP contribution is -2.13. The zero-order valence-electron chi connectivity index (χ0n) is 22.2. The average molecular weight is 581 g/mol. The van der Waals surface area contributed by atoms with E-state index in [1.165, 1.54) is 7.11 Å². The summed E-state index contributed by atoms with van der Waals surface area (Å²) in [6, 6.07) is 30.4. The molecule has 5 aromatic rings. The van der Waals surface area contributed by atoms with E-state index in [9.17, 15) is 28.2 Å². The third-order valence-electron chi connectivity index (χ3n) is 6.55. The number of carboxylic acids is 1. The van der Waals surface area contributed by atoms with E-state index in [1.807, 2.05) is 0 Å². The summed E-state index contributed by atoms with van der Waals surface area (Å²) in [4.78, 5) is 24.6. The summed E-state index contributed by atoms with van der Waals surface area (Å²) < 4.78 is 38.1. The van der Waals surface area contributed by atoms with Gasteiger partial charge in [-0.15, -0.1) is 0 Å². The quantitative estimate of drug-likeness (QED) is 0.151. The molecule has 0 radical (unpaired) electrons. The number of ether oxygens (including phenoxy) is 1. The molecule has 0 spiro atoms. The van der Waals surface area contributed by atoms with Gasteiger partial charge in [0, 0.05) is 28.3 Å². The number of carbonyl (C=O) groups excluding carboxylic acids is 1. The van der Waals surface area contributed by atoms with E-state index < -0.39 is 32.3 Å². The van der Waals surface area contributed by atoms with E-state index >= 15 is 0 Å². The van der Waals surface area contributed by atoms with Crippen molar-refractivity contribution >= 4 is 21.9 Å². The Hall–Kier alpha value is -5.41. The first kappa shape index (κ1) is 28.1. The second-order valence-electron chi connectivity index (χ2n) is 9.21. The predicted molar refractivity (Wildman–Crippen MR) is 157 cm³/mol. The summed E-state index contributed by atoms with van der Waals surface area (Å²) in [5, 5.41) is 19.4. The molecule has 210 valence electrons. The van der Waals surface area contributed by atoms with Crippen LogP contribution in [0.1, 0.15) is 26.3 Å². The Bertz CT molecular complexity index is 1820. The fourth-order valence-corrected chi connectivity index (χ4v) is 5.41. The van der Waals surface area contributed by atoms with Crippen molar-refractivity contribution in [1.29, 1.82) is 0 Å². The minimum atomic E-state index is -4.58. The molecular weight excluding hydrogens is 556 g/mol. The molecule has 9 heteroatoms. The van der Waals surface area contributed by atoms with Crippen molar-refractivity contribution < 1.29 is 37.1 Å². The Morgan fingerprint density at radius 3 is 1.71 bits per heavy atom. The van der Waals surface area contributed by atoms with Crippen LogP contribution in [0.15, 0.2) is 120 Å². The molecule has 8 nitrogen and oxygen atoms in total. The van der Waals surface area contributed by atoms with Crippen LogP contribution in [-0.4, -0.2) is 37.5 Å². The molecule has 5 aromatic carbocycles. The molecule has 0 fully saturated rings. The lowest BCUT2D eigenvalue weighted by atomic mass is 9.92. The highest BCUT2D eigenvalue weighted by Gasteiger charge is 2.26. The normalized spacial score (nSPS) is 11.1. The van der Waals surface area contributed by atoms with Crippen molar-refractivity contribution in [3.05, 3.63) is 132 Å². The number of carbonyl (C=O) groups is 2. The van der Waals surface area contributed by atoms with Crippen LogP contribution >= 0.6 is 0 Å². The van der Waals surface area contributed by atoms with E-state index in [1.54, 1.807) is 97.1 Å². The highest BCUT2D eigenvalue weighted by molar-refractivity contribution is 7.87. The zero-order valence-corrected chi connectivity index (χ0v) is 23.0. The van der Waals surface area contributed by atoms with Gasteiger partial charge in [0.15, 0.2) is 11.5 Å². The number of hydrogen-bond acceptors (Lipinski definition) is 7. The van der Waals surface area contributed by atoms with Crippen LogP contribution in [0.2, 0.25) is 0 Å². The third kappa shape index (κ3) is 5.72. The van der Waals surface area contributed by atoms with Crippen LogP contribution in [0.5, 0.6) is 17.2 Å². The van der Waals surface area contributed by atoms with Crippen LogP contribution in [-0.2, 0) is 10.1 Å². The number of aromatic hydroxyl groups is 1. The predicted octanol–water partition coefficient (Wildman–Crippen LogP) is 6.43. The molecule has 2 N–H and O–H groups in total. The Kier molecular flexibility index (Phi) is 7.77. The number of ketones is 1. The van der Waals surface area contributed by atoms with Gasteiger partial charge in [0.25, 0.3) is 0 Å². The molecule has 0 heterocycles. The van der Waals surface area contributed by atoms with E-state index in [4.69, 9.17) is 8.92 Å². The summed E-state index contributed by atoms with van der Waals surface area (Å²) in [6.07, 6.45) is 0. The minimum Gasteiger partial charge on any atom is -0.507 e. The van der Waals surface area contributed by atoms with Gasteiger partial charge >= 0.3 is 16.1 Å². The van der Waals surface area contributed by atoms with E-state index in [0.717, 1.165) is 18.2 Å². The zero-order chi connectivity index (χ0) is 29.9. The number of methoxy groups -OCH3 is 1. The summed E-state index contributed by atoms with van der Waals surface area (Å²) in [6.45, 7) is 0. The maximum atomic E-state index is 13.7. The standard InChI is InChI=1S/C33H24O8S/c1-40-25-14-12-23(13-15-25)31(35)24-18-28(21-8-4-2-5-9-21)32(29(19-24)22-10-6-3-7-11-22)41-42(38,39)26-16-17-27(33(36)37)30(34)20-26/h2-20,34H,1H3,(H,36,37). The molecule has 0 unspecified atom stereocenters. The largest absolute Gasteiger partial charge is 0.507 e. The van der Waals surface area contributed by atoms with E-state index in [2.05, 4.69) is 0 Å². The van der Waals surface area contributed by atoms with Crippen LogP contribution in [0, 0.1) is 0 Å². The van der Waals surface area contributed by atoms with Gasteiger partial charge in [-0.1, -0.05) is 60.7 Å². The summed E-state index contributed by atoms with van der Waals surface area (Å²) in [5.74, 6) is -1.87. The first-order chi connectivity index (χ1) is 20.2. The molecule has 0 amide bonds. The fourth-order valence-electron chi connectivity index (χ4n) is 4.43. The highest BCUT2D eigenvalue weighted by Crippen LogP contribution is 2.42. The maximum absolute atomic E-state index is 13.7. The van der Waals surface area contributed by atoms with Crippen LogP contribution < -0.4 is 8.92 Å². The first-order valence-electron chi connectivity index (χ1n) is 12.7. The molecule has 5 rings (SSSR count).